The van der Waals surface area contributed by atoms with Crippen LogP contribution < -0.4 is 10.6 Å². The molecule has 0 aromatic heterocycles. The van der Waals surface area contributed by atoms with Gasteiger partial charge in [-0.3, -0.25) is 4.90 Å². The number of carbonyl (C=O) groups excluding carboxylic acids is 1. The molecular formula is C15H19F2N3O2. The molecule has 3 atom stereocenters. The van der Waals surface area contributed by atoms with Gasteiger partial charge in [0.05, 0.1) is 12.7 Å². The third-order valence-electron chi connectivity index (χ3n) is 4.11. The van der Waals surface area contributed by atoms with Crippen molar-refractivity contribution in [3.63, 3.8) is 0 Å². The van der Waals surface area contributed by atoms with Gasteiger partial charge in [-0.1, -0.05) is 0 Å². The van der Waals surface area contributed by atoms with Gasteiger partial charge in [0.15, 0.2) is 11.6 Å². The van der Waals surface area contributed by atoms with Gasteiger partial charge in [0.2, 0.25) is 0 Å². The maximum Gasteiger partial charge on any atom is 0.319 e. The Morgan fingerprint density at radius 3 is 2.91 bits per heavy atom. The number of nitrogens with one attached hydrogen (secondary N) is 2. The number of carbonyl (C=O) groups is 1. The Kier molecular flexibility index (Phi) is 4.26. The molecule has 0 unspecified atom stereocenters. The Morgan fingerprint density at radius 2 is 2.14 bits per heavy atom. The molecule has 2 saturated heterocycles. The molecular weight excluding hydrogens is 292 g/mol. The van der Waals surface area contributed by atoms with Crippen molar-refractivity contribution in [1.82, 2.24) is 10.2 Å². The van der Waals surface area contributed by atoms with Crippen LogP contribution >= 0.6 is 0 Å². The van der Waals surface area contributed by atoms with Crippen molar-refractivity contribution >= 4 is 11.7 Å². The zero-order valence-electron chi connectivity index (χ0n) is 12.3. The number of rotatable bonds is 2. The number of morpholine rings is 1. The zero-order chi connectivity index (χ0) is 15.7. The number of halogens is 2. The first-order chi connectivity index (χ1) is 10.5. The number of anilines is 1. The monoisotopic (exact) mass is 311 g/mol. The molecule has 3 rings (SSSR count). The molecule has 0 saturated carbocycles. The minimum atomic E-state index is -0.984. The molecule has 0 aliphatic carbocycles. The highest BCUT2D eigenvalue weighted by Gasteiger charge is 2.36. The summed E-state index contributed by atoms with van der Waals surface area (Å²) in [5, 5.41) is 5.39. The third kappa shape index (κ3) is 3.36. The van der Waals surface area contributed by atoms with E-state index in [2.05, 4.69) is 15.5 Å². The smallest absolute Gasteiger partial charge is 0.319 e. The van der Waals surface area contributed by atoms with Crippen molar-refractivity contribution < 1.29 is 18.3 Å². The van der Waals surface area contributed by atoms with Crippen LogP contribution in [0.15, 0.2) is 18.2 Å². The SMILES string of the molecule is C[C@H]1CN2C[C@H](NC(=O)Nc3ccc(F)c(F)c3)C[C@H]2CO1. The summed E-state index contributed by atoms with van der Waals surface area (Å²) < 4.78 is 31.6. The van der Waals surface area contributed by atoms with E-state index in [0.29, 0.717) is 12.6 Å². The molecule has 1 aromatic carbocycles. The van der Waals surface area contributed by atoms with E-state index in [0.717, 1.165) is 31.6 Å². The molecule has 5 nitrogen and oxygen atoms in total. The summed E-state index contributed by atoms with van der Waals surface area (Å²) in [6, 6.07) is 3.23. The van der Waals surface area contributed by atoms with Gasteiger partial charge in [0.25, 0.3) is 0 Å². The number of amides is 2. The van der Waals surface area contributed by atoms with Crippen LogP contribution in [0.3, 0.4) is 0 Å². The first kappa shape index (κ1) is 15.2. The number of fused-ring (bicyclic) bond motifs is 1. The first-order valence-electron chi connectivity index (χ1n) is 7.39. The highest BCUT2D eigenvalue weighted by atomic mass is 19.2. The van der Waals surface area contributed by atoms with Gasteiger partial charge < -0.3 is 15.4 Å². The molecule has 0 bridgehead atoms. The van der Waals surface area contributed by atoms with E-state index in [1.807, 2.05) is 6.92 Å². The summed E-state index contributed by atoms with van der Waals surface area (Å²) >= 11 is 0. The van der Waals surface area contributed by atoms with Crippen molar-refractivity contribution in [2.24, 2.45) is 0 Å². The molecule has 2 fully saturated rings. The van der Waals surface area contributed by atoms with E-state index in [1.54, 1.807) is 0 Å². The molecule has 2 N–H and O–H groups in total. The van der Waals surface area contributed by atoms with Crippen molar-refractivity contribution in [2.75, 3.05) is 25.0 Å². The van der Waals surface area contributed by atoms with Gasteiger partial charge in [-0.25, -0.2) is 13.6 Å². The second-order valence-corrected chi connectivity index (χ2v) is 5.91. The molecule has 2 aliphatic rings. The quantitative estimate of drug-likeness (QED) is 0.878. The molecule has 2 heterocycles. The van der Waals surface area contributed by atoms with Crippen molar-refractivity contribution in [3.05, 3.63) is 29.8 Å². The second kappa shape index (κ2) is 6.18. The highest BCUT2D eigenvalue weighted by molar-refractivity contribution is 5.89. The summed E-state index contributed by atoms with van der Waals surface area (Å²) in [5.74, 6) is -1.92. The molecule has 1 aromatic rings. The number of hydrogen-bond donors (Lipinski definition) is 2. The van der Waals surface area contributed by atoms with E-state index >= 15 is 0 Å². The number of hydrogen-bond acceptors (Lipinski definition) is 3. The lowest BCUT2D eigenvalue weighted by molar-refractivity contribution is -0.0390. The third-order valence-corrected chi connectivity index (χ3v) is 4.11. The van der Waals surface area contributed by atoms with Crippen LogP contribution in [0.2, 0.25) is 0 Å². The number of ether oxygens (including phenoxy) is 1. The lowest BCUT2D eigenvalue weighted by Crippen LogP contribution is -2.45. The van der Waals surface area contributed by atoms with Gasteiger partial charge >= 0.3 is 6.03 Å². The standard InChI is InChI=1S/C15H19F2N3O2/c1-9-6-20-7-11(4-12(20)8-22-9)19-15(21)18-10-2-3-13(16)14(17)5-10/h2-3,5,9,11-12H,4,6-8H2,1H3,(H2,18,19,21)/t9-,11+,12-/m0/s1. The molecule has 0 radical (unpaired) electrons. The van der Waals surface area contributed by atoms with Crippen LogP contribution in [-0.2, 0) is 4.74 Å². The highest BCUT2D eigenvalue weighted by Crippen LogP contribution is 2.23. The fraction of sp³-hybridized carbons (Fsp3) is 0.533. The predicted octanol–water partition coefficient (Wildman–Crippen LogP) is 1.95. The lowest BCUT2D eigenvalue weighted by atomic mass is 10.1. The van der Waals surface area contributed by atoms with E-state index in [-0.39, 0.29) is 17.8 Å². The zero-order valence-corrected chi connectivity index (χ0v) is 12.3. The van der Waals surface area contributed by atoms with Crippen LogP contribution in [0, 0.1) is 11.6 Å². The Bertz CT molecular complexity index is 570. The number of nitrogens with zero attached hydrogens (tertiary/aromatic N) is 1. The summed E-state index contributed by atoms with van der Waals surface area (Å²) in [5.41, 5.74) is 0.226. The minimum absolute atomic E-state index is 0.0317. The topological polar surface area (TPSA) is 53.6 Å². The fourth-order valence-corrected chi connectivity index (χ4v) is 3.07. The normalized spacial score (nSPS) is 28.2. The molecule has 2 amide bonds. The van der Waals surface area contributed by atoms with Gasteiger partial charge in [0, 0.05) is 36.9 Å². The Balaban J connectivity index is 1.53. The van der Waals surface area contributed by atoms with E-state index in [4.69, 9.17) is 4.74 Å². The van der Waals surface area contributed by atoms with Gasteiger partial charge in [0.1, 0.15) is 0 Å². The van der Waals surface area contributed by atoms with Gasteiger partial charge in [-0.2, -0.15) is 0 Å². The molecule has 7 heteroatoms. The van der Waals surface area contributed by atoms with Crippen LogP contribution in [0.5, 0.6) is 0 Å². The van der Waals surface area contributed by atoms with Crippen LogP contribution in [0.1, 0.15) is 13.3 Å². The minimum Gasteiger partial charge on any atom is -0.376 e. The Morgan fingerprint density at radius 1 is 1.32 bits per heavy atom. The average molecular weight is 311 g/mol. The number of urea groups is 1. The number of benzene rings is 1. The van der Waals surface area contributed by atoms with Crippen LogP contribution in [-0.4, -0.2) is 48.8 Å². The van der Waals surface area contributed by atoms with Gasteiger partial charge in [-0.15, -0.1) is 0 Å². The van der Waals surface area contributed by atoms with Crippen molar-refractivity contribution in [3.8, 4) is 0 Å². The average Bonchev–Trinajstić information content (AvgIpc) is 2.84. The summed E-state index contributed by atoms with van der Waals surface area (Å²) in [7, 11) is 0. The summed E-state index contributed by atoms with van der Waals surface area (Å²) in [4.78, 5) is 14.3. The largest absolute Gasteiger partial charge is 0.376 e. The maximum absolute atomic E-state index is 13.1. The molecule has 0 spiro atoms. The van der Waals surface area contributed by atoms with Crippen molar-refractivity contribution in [1.29, 1.82) is 0 Å². The predicted molar refractivity (Wildman–Crippen MR) is 77.7 cm³/mol. The van der Waals surface area contributed by atoms with E-state index in [9.17, 15) is 13.6 Å². The van der Waals surface area contributed by atoms with Crippen LogP contribution in [0.4, 0.5) is 19.3 Å². The fourth-order valence-electron chi connectivity index (χ4n) is 3.07. The lowest BCUT2D eigenvalue weighted by Gasteiger charge is -2.33. The van der Waals surface area contributed by atoms with E-state index in [1.165, 1.54) is 6.07 Å². The summed E-state index contributed by atoms with van der Waals surface area (Å²) in [6.45, 7) is 4.37. The van der Waals surface area contributed by atoms with E-state index < -0.39 is 17.7 Å². The van der Waals surface area contributed by atoms with Crippen molar-refractivity contribution in [2.45, 2.75) is 31.5 Å². The molecule has 22 heavy (non-hydrogen) atoms. The molecule has 2 aliphatic heterocycles. The summed E-state index contributed by atoms with van der Waals surface area (Å²) in [6.07, 6.45) is 1.05. The van der Waals surface area contributed by atoms with Crippen LogP contribution in [0.25, 0.3) is 0 Å². The second-order valence-electron chi connectivity index (χ2n) is 5.91. The Labute approximate surface area is 127 Å². The maximum atomic E-state index is 13.1. The molecule has 120 valence electrons. The van der Waals surface area contributed by atoms with Gasteiger partial charge in [-0.05, 0) is 25.5 Å². The first-order valence-corrected chi connectivity index (χ1v) is 7.39. The Hall–Kier alpha value is -1.73.